The molecule has 28 heavy (non-hydrogen) atoms. The minimum absolute atomic E-state index is 0.203. The third kappa shape index (κ3) is 4.91. The van der Waals surface area contributed by atoms with E-state index in [-0.39, 0.29) is 5.69 Å². The molecular weight excluding hydrogens is 374 g/mol. The van der Waals surface area contributed by atoms with Gasteiger partial charge < -0.3 is 15.6 Å². The zero-order chi connectivity index (χ0) is 20.8. The smallest absolute Gasteiger partial charge is 0.341 e. The Kier molecular flexibility index (Phi) is 6.06. The van der Waals surface area contributed by atoms with Crippen molar-refractivity contribution in [1.29, 1.82) is 0 Å². The van der Waals surface area contributed by atoms with Crippen LogP contribution in [-0.4, -0.2) is 33.2 Å². The van der Waals surface area contributed by atoms with E-state index in [9.17, 15) is 25.0 Å². The standard InChI is InChI=1S/C16H15N5O7/c1-9(10-2-4-11(17)5-3-10)18-19-12-6-15(28-8-16(22)23)14(21(26)27)7-13(12)20(24)25/h2-7,19H,8,17H2,1H3,(H,22,23). The van der Waals surface area contributed by atoms with E-state index in [2.05, 4.69) is 10.5 Å². The van der Waals surface area contributed by atoms with Gasteiger partial charge in [0.25, 0.3) is 0 Å². The number of nitrogens with zero attached hydrogens (tertiary/aromatic N) is 3. The molecule has 0 aliphatic heterocycles. The maximum Gasteiger partial charge on any atom is 0.341 e. The van der Waals surface area contributed by atoms with E-state index in [1.54, 1.807) is 31.2 Å². The summed E-state index contributed by atoms with van der Waals surface area (Å²) in [6.45, 7) is 0.781. The average molecular weight is 389 g/mol. The predicted molar refractivity (Wildman–Crippen MR) is 99.6 cm³/mol. The van der Waals surface area contributed by atoms with E-state index in [0.717, 1.165) is 6.07 Å². The number of nitro groups is 2. The predicted octanol–water partition coefficient (Wildman–Crippen LogP) is 2.38. The molecule has 12 heteroatoms. The van der Waals surface area contributed by atoms with Crippen LogP contribution in [0, 0.1) is 20.2 Å². The van der Waals surface area contributed by atoms with Crippen LogP contribution in [0.2, 0.25) is 0 Å². The van der Waals surface area contributed by atoms with Gasteiger partial charge in [0.15, 0.2) is 12.4 Å². The number of carbonyl (C=O) groups is 1. The van der Waals surface area contributed by atoms with Crippen LogP contribution in [0.25, 0.3) is 0 Å². The van der Waals surface area contributed by atoms with E-state index in [1.807, 2.05) is 0 Å². The van der Waals surface area contributed by atoms with E-state index in [0.29, 0.717) is 23.0 Å². The van der Waals surface area contributed by atoms with Crippen LogP contribution >= 0.6 is 0 Å². The van der Waals surface area contributed by atoms with Gasteiger partial charge in [-0.15, -0.1) is 0 Å². The maximum atomic E-state index is 11.3. The van der Waals surface area contributed by atoms with E-state index in [1.165, 1.54) is 0 Å². The molecule has 0 aliphatic rings. The molecule has 0 aromatic heterocycles. The quantitative estimate of drug-likeness (QED) is 0.264. The minimum atomic E-state index is -1.36. The topological polar surface area (TPSA) is 183 Å². The molecular formula is C16H15N5O7. The fraction of sp³-hybridized carbons (Fsp3) is 0.125. The van der Waals surface area contributed by atoms with Gasteiger partial charge in [0.1, 0.15) is 11.8 Å². The molecule has 0 saturated heterocycles. The van der Waals surface area contributed by atoms with Crippen molar-refractivity contribution >= 4 is 34.4 Å². The molecule has 2 rings (SSSR count). The number of nitrogens with two attached hydrogens (primary N) is 1. The van der Waals surface area contributed by atoms with Crippen molar-refractivity contribution in [2.75, 3.05) is 17.8 Å². The molecule has 2 aromatic rings. The summed E-state index contributed by atoms with van der Waals surface area (Å²) >= 11 is 0. The van der Waals surface area contributed by atoms with Crippen molar-refractivity contribution in [3.05, 3.63) is 62.2 Å². The summed E-state index contributed by atoms with van der Waals surface area (Å²) in [6, 6.07) is 8.33. The Morgan fingerprint density at radius 3 is 2.32 bits per heavy atom. The van der Waals surface area contributed by atoms with Gasteiger partial charge in [-0.1, -0.05) is 12.1 Å². The fourth-order valence-electron chi connectivity index (χ4n) is 2.13. The first-order chi connectivity index (χ1) is 13.2. The number of hydrazone groups is 1. The summed E-state index contributed by atoms with van der Waals surface area (Å²) < 4.78 is 4.87. The molecule has 0 unspecified atom stereocenters. The van der Waals surface area contributed by atoms with Gasteiger partial charge >= 0.3 is 17.3 Å². The van der Waals surface area contributed by atoms with E-state index >= 15 is 0 Å². The van der Waals surface area contributed by atoms with Crippen molar-refractivity contribution in [1.82, 2.24) is 0 Å². The molecule has 0 bridgehead atoms. The largest absolute Gasteiger partial charge is 0.479 e. The lowest BCUT2D eigenvalue weighted by atomic mass is 10.1. The highest BCUT2D eigenvalue weighted by molar-refractivity contribution is 5.99. The van der Waals surface area contributed by atoms with Crippen LogP contribution in [0.3, 0.4) is 0 Å². The van der Waals surface area contributed by atoms with E-state index < -0.39 is 39.5 Å². The fourth-order valence-corrected chi connectivity index (χ4v) is 2.13. The number of nitrogens with one attached hydrogen (secondary N) is 1. The number of hydrogen-bond acceptors (Lipinski definition) is 9. The van der Waals surface area contributed by atoms with Gasteiger partial charge in [-0.05, 0) is 24.6 Å². The molecule has 0 fully saturated rings. The Labute approximate surface area is 157 Å². The first kappa shape index (κ1) is 20.1. The monoisotopic (exact) mass is 389 g/mol. The van der Waals surface area contributed by atoms with Crippen LogP contribution in [-0.2, 0) is 4.79 Å². The van der Waals surface area contributed by atoms with Gasteiger partial charge in [0.2, 0.25) is 0 Å². The summed E-state index contributed by atoms with van der Waals surface area (Å²) in [5.74, 6) is -1.81. The van der Waals surface area contributed by atoms with Gasteiger partial charge in [0.05, 0.1) is 15.6 Å². The van der Waals surface area contributed by atoms with Gasteiger partial charge in [-0.2, -0.15) is 5.10 Å². The number of aliphatic carboxylic acids is 1. The zero-order valence-electron chi connectivity index (χ0n) is 14.5. The number of anilines is 2. The molecule has 0 radical (unpaired) electrons. The van der Waals surface area contributed by atoms with Crippen molar-refractivity contribution in [3.8, 4) is 5.75 Å². The van der Waals surface area contributed by atoms with Crippen molar-refractivity contribution in [2.45, 2.75) is 6.92 Å². The van der Waals surface area contributed by atoms with Crippen LogP contribution in [0.1, 0.15) is 12.5 Å². The molecule has 0 amide bonds. The van der Waals surface area contributed by atoms with Gasteiger partial charge in [0, 0.05) is 11.8 Å². The second-order valence-corrected chi connectivity index (χ2v) is 5.46. The molecule has 12 nitrogen and oxygen atoms in total. The summed E-state index contributed by atoms with van der Waals surface area (Å²) in [7, 11) is 0. The SMILES string of the molecule is CC(=NNc1cc(OCC(=O)O)c([N+](=O)[O-])cc1[N+](=O)[O-])c1ccc(N)cc1. The van der Waals surface area contributed by atoms with Crippen molar-refractivity contribution in [3.63, 3.8) is 0 Å². The second-order valence-electron chi connectivity index (χ2n) is 5.46. The normalized spacial score (nSPS) is 11.0. The number of rotatable bonds is 8. The Hall–Kier alpha value is -4.22. The van der Waals surface area contributed by atoms with Crippen LogP contribution in [0.4, 0.5) is 22.7 Å². The number of carboxylic acids is 1. The maximum absolute atomic E-state index is 11.3. The molecule has 0 spiro atoms. The highest BCUT2D eigenvalue weighted by Crippen LogP contribution is 2.37. The molecule has 4 N–H and O–H groups in total. The van der Waals surface area contributed by atoms with Gasteiger partial charge in [-0.3, -0.25) is 25.7 Å². The zero-order valence-corrected chi connectivity index (χ0v) is 14.5. The van der Waals surface area contributed by atoms with Crippen LogP contribution < -0.4 is 15.9 Å². The lowest BCUT2D eigenvalue weighted by molar-refractivity contribution is -0.394. The number of carboxylic acid groups (broad SMARTS) is 1. The highest BCUT2D eigenvalue weighted by Gasteiger charge is 2.26. The summed E-state index contributed by atoms with van der Waals surface area (Å²) in [6.07, 6.45) is 0. The third-order valence-corrected chi connectivity index (χ3v) is 3.49. The minimum Gasteiger partial charge on any atom is -0.479 e. The number of hydrogen-bond donors (Lipinski definition) is 3. The summed E-state index contributed by atoms with van der Waals surface area (Å²) in [5.41, 5.74) is 8.21. The lowest BCUT2D eigenvalue weighted by Gasteiger charge is -2.09. The number of benzene rings is 2. The Morgan fingerprint density at radius 1 is 1.18 bits per heavy atom. The molecule has 0 heterocycles. The average Bonchev–Trinajstić information content (AvgIpc) is 2.64. The van der Waals surface area contributed by atoms with Crippen molar-refractivity contribution < 1.29 is 24.5 Å². The highest BCUT2D eigenvalue weighted by atomic mass is 16.6. The van der Waals surface area contributed by atoms with Crippen LogP contribution in [0.5, 0.6) is 5.75 Å². The summed E-state index contributed by atoms with van der Waals surface area (Å²) in [5, 5.41) is 35.1. The molecule has 0 saturated carbocycles. The third-order valence-electron chi connectivity index (χ3n) is 3.49. The number of nitrogen functional groups attached to an aromatic ring is 1. The van der Waals surface area contributed by atoms with E-state index in [4.69, 9.17) is 15.6 Å². The number of ether oxygens (including phenoxy) is 1. The molecule has 0 atom stereocenters. The first-order valence-electron chi connectivity index (χ1n) is 7.66. The molecule has 0 aliphatic carbocycles. The molecule has 146 valence electrons. The van der Waals surface area contributed by atoms with Gasteiger partial charge in [-0.25, -0.2) is 4.79 Å². The Bertz CT molecular complexity index is 957. The lowest BCUT2D eigenvalue weighted by Crippen LogP contribution is -2.11. The van der Waals surface area contributed by atoms with Crippen LogP contribution in [0.15, 0.2) is 41.5 Å². The number of nitro benzene ring substituents is 2. The second kappa shape index (κ2) is 8.44. The first-order valence-corrected chi connectivity index (χ1v) is 7.66. The molecule has 2 aromatic carbocycles. The Morgan fingerprint density at radius 2 is 1.79 bits per heavy atom. The Balaban J connectivity index is 2.42. The summed E-state index contributed by atoms with van der Waals surface area (Å²) in [4.78, 5) is 31.3. The van der Waals surface area contributed by atoms with Crippen molar-refractivity contribution in [2.24, 2.45) is 5.10 Å².